The van der Waals surface area contributed by atoms with Crippen LogP contribution in [-0.4, -0.2) is 75.4 Å². The first kappa shape index (κ1) is 34.1. The Bertz CT molecular complexity index is 1250. The van der Waals surface area contributed by atoms with E-state index in [9.17, 15) is 14.4 Å². The highest BCUT2D eigenvalue weighted by molar-refractivity contribution is 5.87. The Morgan fingerprint density at radius 2 is 1.76 bits per heavy atom. The minimum absolute atomic E-state index is 0.0736. The fourth-order valence-corrected chi connectivity index (χ4v) is 10.6. The summed E-state index contributed by atoms with van der Waals surface area (Å²) in [4.78, 5) is 39.1. The van der Waals surface area contributed by atoms with Crippen LogP contribution in [0, 0.1) is 39.9 Å². The molecular weight excluding hydrogens is 576 g/mol. The second-order valence-electron chi connectivity index (χ2n) is 14.5. The fraction of sp³-hybridized carbons (Fsp3) is 0.806. The van der Waals surface area contributed by atoms with E-state index in [0.717, 1.165) is 26.1 Å². The van der Waals surface area contributed by atoms with Gasteiger partial charge in [0, 0.05) is 54.1 Å². The van der Waals surface area contributed by atoms with Crippen molar-refractivity contribution in [1.29, 1.82) is 0 Å². The second kappa shape index (κ2) is 12.4. The quantitative estimate of drug-likeness (QED) is 0.161. The molecule has 12 atom stereocenters. The van der Waals surface area contributed by atoms with Crippen molar-refractivity contribution in [3.8, 4) is 0 Å². The highest BCUT2D eigenvalue weighted by Gasteiger charge is 2.78. The molecule has 6 aliphatic rings. The maximum Gasteiger partial charge on any atom is 0.333 e. The van der Waals surface area contributed by atoms with Gasteiger partial charge >= 0.3 is 17.9 Å². The Hall–Kier alpha value is -2.23. The first-order valence-electron chi connectivity index (χ1n) is 17.0. The summed E-state index contributed by atoms with van der Waals surface area (Å²) in [6.07, 6.45) is 2.30. The molecule has 3 saturated heterocycles. The molecule has 9 nitrogen and oxygen atoms in total. The lowest BCUT2D eigenvalue weighted by molar-refractivity contribution is -0.251. The summed E-state index contributed by atoms with van der Waals surface area (Å²) in [5, 5.41) is 0. The molecule has 3 aliphatic heterocycles. The van der Waals surface area contributed by atoms with Crippen LogP contribution in [0.2, 0.25) is 0 Å². The summed E-state index contributed by atoms with van der Waals surface area (Å²) < 4.78 is 37.3. The largest absolute Gasteiger partial charge is 0.469 e. The van der Waals surface area contributed by atoms with E-state index < -0.39 is 34.4 Å². The van der Waals surface area contributed by atoms with Crippen LogP contribution in [-0.2, 0) is 42.8 Å². The van der Waals surface area contributed by atoms with E-state index in [1.165, 1.54) is 25.2 Å². The number of rotatable bonds is 6. The van der Waals surface area contributed by atoms with E-state index in [-0.39, 0.29) is 48.5 Å². The van der Waals surface area contributed by atoms with Gasteiger partial charge in [0.1, 0.15) is 12.2 Å². The van der Waals surface area contributed by atoms with Crippen LogP contribution in [0.25, 0.3) is 0 Å². The molecule has 0 spiro atoms. The molecule has 252 valence electrons. The maximum atomic E-state index is 13.4. The molecule has 5 fully saturated rings. The average molecular weight is 631 g/mol. The number of fused-ring (bicyclic) bond motifs is 4. The van der Waals surface area contributed by atoms with Gasteiger partial charge in [-0.15, -0.1) is 0 Å². The molecule has 6 rings (SSSR count). The van der Waals surface area contributed by atoms with Crippen LogP contribution in [0.4, 0.5) is 0 Å². The molecule has 0 radical (unpaired) electrons. The smallest absolute Gasteiger partial charge is 0.333 e. The number of ether oxygens (including phenoxy) is 6. The number of methoxy groups -OCH3 is 1. The Kier molecular flexibility index (Phi) is 9.41. The fourth-order valence-electron chi connectivity index (χ4n) is 10.6. The van der Waals surface area contributed by atoms with Gasteiger partial charge in [0.2, 0.25) is 0 Å². The third-order valence-corrected chi connectivity index (χ3v) is 12.6. The predicted octanol–water partition coefficient (Wildman–Crippen LogP) is 5.59. The van der Waals surface area contributed by atoms with Gasteiger partial charge in [-0.1, -0.05) is 46.3 Å². The summed E-state index contributed by atoms with van der Waals surface area (Å²) in [5.74, 6) is -0.751. The molecule has 9 heteroatoms. The van der Waals surface area contributed by atoms with Crippen LogP contribution < -0.4 is 0 Å². The van der Waals surface area contributed by atoms with E-state index in [1.54, 1.807) is 13.0 Å². The zero-order valence-corrected chi connectivity index (χ0v) is 28.9. The van der Waals surface area contributed by atoms with Crippen molar-refractivity contribution in [2.75, 3.05) is 26.9 Å². The number of carbonyl (C=O) groups excluding carboxylic acids is 3. The monoisotopic (exact) mass is 630 g/mol. The molecule has 3 heterocycles. The van der Waals surface area contributed by atoms with Gasteiger partial charge in [-0.25, -0.2) is 4.79 Å². The molecule has 0 N–H and O–H groups in total. The van der Waals surface area contributed by atoms with Crippen LogP contribution in [0.5, 0.6) is 0 Å². The van der Waals surface area contributed by atoms with E-state index in [1.807, 2.05) is 20.8 Å². The maximum absolute atomic E-state index is 13.4. The summed E-state index contributed by atoms with van der Waals surface area (Å²) >= 11 is 0. The van der Waals surface area contributed by atoms with Gasteiger partial charge in [-0.3, -0.25) is 9.59 Å². The Labute approximate surface area is 268 Å². The second-order valence-corrected chi connectivity index (χ2v) is 14.5. The van der Waals surface area contributed by atoms with Gasteiger partial charge in [-0.2, -0.15) is 0 Å². The Balaban J connectivity index is 0.00000196. The zero-order valence-electron chi connectivity index (χ0n) is 28.9. The molecule has 0 bridgehead atoms. The van der Waals surface area contributed by atoms with Crippen molar-refractivity contribution >= 4 is 17.9 Å². The van der Waals surface area contributed by atoms with Crippen molar-refractivity contribution in [2.24, 2.45) is 39.9 Å². The summed E-state index contributed by atoms with van der Waals surface area (Å²) in [7, 11) is 1.42. The molecule has 0 aromatic carbocycles. The molecular formula is C36H54O9. The van der Waals surface area contributed by atoms with Gasteiger partial charge in [0.05, 0.1) is 38.6 Å². The minimum Gasteiger partial charge on any atom is -0.469 e. The molecule has 0 aromatic rings. The average Bonchev–Trinajstić information content (AvgIpc) is 3.79. The van der Waals surface area contributed by atoms with Crippen molar-refractivity contribution in [3.05, 3.63) is 22.8 Å². The number of carbonyl (C=O) groups is 3. The number of hydrogen-bond donors (Lipinski definition) is 0. The highest BCUT2D eigenvalue weighted by Crippen LogP contribution is 2.74. The molecule has 45 heavy (non-hydrogen) atoms. The lowest BCUT2D eigenvalue weighted by atomic mass is 9.40. The topological polar surface area (TPSA) is 107 Å². The molecule has 3 unspecified atom stereocenters. The summed E-state index contributed by atoms with van der Waals surface area (Å²) in [5.41, 5.74) is 1.29. The van der Waals surface area contributed by atoms with E-state index in [0.29, 0.717) is 30.4 Å². The molecule has 0 amide bonds. The molecule has 2 saturated carbocycles. The Morgan fingerprint density at radius 1 is 1.04 bits per heavy atom. The van der Waals surface area contributed by atoms with Crippen LogP contribution in [0.15, 0.2) is 22.8 Å². The lowest BCUT2D eigenvalue weighted by Gasteiger charge is -2.65. The van der Waals surface area contributed by atoms with Crippen molar-refractivity contribution in [2.45, 2.75) is 119 Å². The third-order valence-electron chi connectivity index (χ3n) is 12.6. The van der Waals surface area contributed by atoms with Gasteiger partial charge in [-0.05, 0) is 56.9 Å². The summed E-state index contributed by atoms with van der Waals surface area (Å²) in [6, 6.07) is 0. The predicted molar refractivity (Wildman–Crippen MR) is 167 cm³/mol. The number of hydrogen-bond acceptors (Lipinski definition) is 9. The first-order valence-corrected chi connectivity index (χ1v) is 17.0. The van der Waals surface area contributed by atoms with Gasteiger partial charge < -0.3 is 28.4 Å². The van der Waals surface area contributed by atoms with Crippen LogP contribution in [0.3, 0.4) is 0 Å². The van der Waals surface area contributed by atoms with Crippen LogP contribution in [0.1, 0.15) is 88.0 Å². The van der Waals surface area contributed by atoms with Gasteiger partial charge in [0.15, 0.2) is 0 Å². The highest BCUT2D eigenvalue weighted by atomic mass is 16.6. The lowest BCUT2D eigenvalue weighted by Crippen LogP contribution is -2.71. The molecule has 0 aromatic heterocycles. The Morgan fingerprint density at radius 3 is 2.36 bits per heavy atom. The zero-order chi connectivity index (χ0) is 33.1. The number of allylic oxidation sites excluding steroid dienone is 2. The third kappa shape index (κ3) is 5.02. The minimum atomic E-state index is -0.713. The van der Waals surface area contributed by atoms with Crippen LogP contribution >= 0.6 is 0 Å². The normalized spacial score (nSPS) is 44.8. The van der Waals surface area contributed by atoms with E-state index in [2.05, 4.69) is 27.7 Å². The first-order chi connectivity index (χ1) is 21.3. The van der Waals surface area contributed by atoms with Gasteiger partial charge in [0.25, 0.3) is 0 Å². The number of esters is 3. The van der Waals surface area contributed by atoms with Crippen molar-refractivity contribution in [1.82, 2.24) is 0 Å². The van der Waals surface area contributed by atoms with Crippen molar-refractivity contribution in [3.63, 3.8) is 0 Å². The van der Waals surface area contributed by atoms with E-state index in [4.69, 9.17) is 28.4 Å². The standard InChI is InChI=1S/C34H48O9.C2H6/c1-9-17(2)31(37)43-25-14-24(41-19(4)35)32(5)16-40-28-29(32)33(25,6)23(13-26(36)38-8)34(7)27-18(3)21(20-10-11-39-15-20)12-22(27)42-30(28)34;1-2/h9,20-25,28-30H,10-16H2,1-8H3;1-2H3/b17-9+;/t20?,21?,22-,23-,24-,25+,28-,29?,30-,32-,33+,34-;/m1./s1. The SMILES string of the molecule is C/C=C(\C)C(=O)O[C@H]1C[C@@H](OC(C)=O)[C@@]2(C)CO[C@@H]3C2[C@@]1(C)[C@@H](CC(=O)OC)[C@]1(C)C2=C(C)C(C4CCOC4)C[C@H]2O[C@H]31.CC. The summed E-state index contributed by atoms with van der Waals surface area (Å²) in [6.45, 7) is 19.7. The van der Waals surface area contributed by atoms with Crippen molar-refractivity contribution < 1.29 is 42.8 Å². The van der Waals surface area contributed by atoms with E-state index >= 15 is 0 Å². The molecule has 3 aliphatic carbocycles.